The van der Waals surface area contributed by atoms with E-state index >= 15 is 0 Å². The van der Waals surface area contributed by atoms with Crippen LogP contribution in [0.25, 0.3) is 0 Å². The standard InChI is InChI=1S/C12H16N2O2/c13-6-2-1-3-9-4-5-10-11(7-9)16-8-12(15)14-10/h4-5,7H,1-3,6,8,13H2,(H,14,15). The van der Waals surface area contributed by atoms with Crippen molar-refractivity contribution in [2.24, 2.45) is 5.73 Å². The highest BCUT2D eigenvalue weighted by Crippen LogP contribution is 2.28. The Bertz CT molecular complexity index is 391. The van der Waals surface area contributed by atoms with Gasteiger partial charge < -0.3 is 15.8 Å². The summed E-state index contributed by atoms with van der Waals surface area (Å²) in [7, 11) is 0. The van der Waals surface area contributed by atoms with Crippen LogP contribution in [-0.4, -0.2) is 19.1 Å². The second kappa shape index (κ2) is 4.99. The summed E-state index contributed by atoms with van der Waals surface area (Å²) in [5.41, 5.74) is 7.43. The molecular formula is C12H16N2O2. The Balaban J connectivity index is 2.04. The Morgan fingerprint density at radius 1 is 1.38 bits per heavy atom. The Morgan fingerprint density at radius 3 is 3.06 bits per heavy atom. The van der Waals surface area contributed by atoms with Gasteiger partial charge in [-0.3, -0.25) is 4.79 Å². The first-order valence-electron chi connectivity index (χ1n) is 5.55. The molecule has 0 atom stereocenters. The number of carbonyl (C=O) groups excluding carboxylic acids is 1. The summed E-state index contributed by atoms with van der Waals surface area (Å²) in [6, 6.07) is 5.90. The quantitative estimate of drug-likeness (QED) is 0.752. The second-order valence-electron chi connectivity index (χ2n) is 3.91. The molecule has 16 heavy (non-hydrogen) atoms. The van der Waals surface area contributed by atoms with Gasteiger partial charge in [0.2, 0.25) is 0 Å². The van der Waals surface area contributed by atoms with E-state index in [1.807, 2.05) is 18.2 Å². The van der Waals surface area contributed by atoms with Crippen molar-refractivity contribution in [3.8, 4) is 5.75 Å². The van der Waals surface area contributed by atoms with E-state index in [-0.39, 0.29) is 12.5 Å². The van der Waals surface area contributed by atoms with E-state index < -0.39 is 0 Å². The number of ether oxygens (including phenoxy) is 1. The van der Waals surface area contributed by atoms with Crippen molar-refractivity contribution in [3.05, 3.63) is 23.8 Å². The molecule has 1 aliphatic heterocycles. The zero-order chi connectivity index (χ0) is 11.4. The molecule has 0 unspecified atom stereocenters. The van der Waals surface area contributed by atoms with Crippen molar-refractivity contribution in [1.82, 2.24) is 0 Å². The molecule has 4 nitrogen and oxygen atoms in total. The lowest BCUT2D eigenvalue weighted by Crippen LogP contribution is -2.25. The predicted octanol–water partition coefficient (Wildman–Crippen LogP) is 1.30. The molecule has 1 aromatic carbocycles. The molecule has 0 fully saturated rings. The van der Waals surface area contributed by atoms with Gasteiger partial charge in [-0.1, -0.05) is 6.07 Å². The molecule has 4 heteroatoms. The Kier molecular flexibility index (Phi) is 3.41. The fourth-order valence-electron chi connectivity index (χ4n) is 1.75. The average Bonchev–Trinajstić information content (AvgIpc) is 2.29. The molecule has 1 heterocycles. The van der Waals surface area contributed by atoms with Crippen molar-refractivity contribution in [2.45, 2.75) is 19.3 Å². The van der Waals surface area contributed by atoms with Crippen LogP contribution in [0.3, 0.4) is 0 Å². The Morgan fingerprint density at radius 2 is 2.25 bits per heavy atom. The average molecular weight is 220 g/mol. The number of nitrogens with two attached hydrogens (primary N) is 1. The van der Waals surface area contributed by atoms with Crippen molar-refractivity contribution < 1.29 is 9.53 Å². The summed E-state index contributed by atoms with van der Waals surface area (Å²) in [5.74, 6) is 0.674. The summed E-state index contributed by atoms with van der Waals surface area (Å²) in [4.78, 5) is 11.1. The maximum absolute atomic E-state index is 11.1. The van der Waals surface area contributed by atoms with Crippen molar-refractivity contribution in [2.75, 3.05) is 18.5 Å². The van der Waals surface area contributed by atoms with E-state index in [4.69, 9.17) is 10.5 Å². The summed E-state index contributed by atoms with van der Waals surface area (Å²) < 4.78 is 5.35. The summed E-state index contributed by atoms with van der Waals surface area (Å²) in [6.07, 6.45) is 3.12. The molecule has 0 saturated heterocycles. The number of nitrogens with one attached hydrogen (secondary N) is 1. The van der Waals surface area contributed by atoms with Gasteiger partial charge in [-0.05, 0) is 43.5 Å². The number of carbonyl (C=O) groups is 1. The van der Waals surface area contributed by atoms with Crippen LogP contribution in [0.4, 0.5) is 5.69 Å². The van der Waals surface area contributed by atoms with E-state index in [1.165, 1.54) is 5.56 Å². The molecule has 0 aliphatic carbocycles. The van der Waals surface area contributed by atoms with Crippen LogP contribution in [0.15, 0.2) is 18.2 Å². The fourth-order valence-corrected chi connectivity index (χ4v) is 1.75. The van der Waals surface area contributed by atoms with Crippen LogP contribution in [0.5, 0.6) is 5.75 Å². The highest BCUT2D eigenvalue weighted by molar-refractivity contribution is 5.95. The van der Waals surface area contributed by atoms with Gasteiger partial charge >= 0.3 is 0 Å². The molecule has 0 spiro atoms. The van der Waals surface area contributed by atoms with Crippen molar-refractivity contribution >= 4 is 11.6 Å². The van der Waals surface area contributed by atoms with E-state index in [1.54, 1.807) is 0 Å². The third-order valence-corrected chi connectivity index (χ3v) is 2.60. The van der Waals surface area contributed by atoms with Gasteiger partial charge in [-0.25, -0.2) is 0 Å². The Labute approximate surface area is 94.8 Å². The van der Waals surface area contributed by atoms with Crippen molar-refractivity contribution in [1.29, 1.82) is 0 Å². The number of unbranched alkanes of at least 4 members (excludes halogenated alkanes) is 1. The SMILES string of the molecule is NCCCCc1ccc2c(c1)OCC(=O)N2. The van der Waals surface area contributed by atoms with Gasteiger partial charge in [0.05, 0.1) is 5.69 Å². The van der Waals surface area contributed by atoms with Crippen LogP contribution in [0, 0.1) is 0 Å². The molecule has 2 rings (SSSR count). The number of amides is 1. The first-order chi connectivity index (χ1) is 7.79. The molecule has 0 bridgehead atoms. The van der Waals surface area contributed by atoms with Crippen LogP contribution >= 0.6 is 0 Å². The lowest BCUT2D eigenvalue weighted by Gasteiger charge is -2.18. The van der Waals surface area contributed by atoms with Gasteiger partial charge in [-0.15, -0.1) is 0 Å². The second-order valence-corrected chi connectivity index (χ2v) is 3.91. The normalized spacial score (nSPS) is 13.9. The van der Waals surface area contributed by atoms with Crippen LogP contribution in [0.2, 0.25) is 0 Å². The zero-order valence-electron chi connectivity index (χ0n) is 9.16. The highest BCUT2D eigenvalue weighted by atomic mass is 16.5. The number of rotatable bonds is 4. The number of anilines is 1. The third-order valence-electron chi connectivity index (χ3n) is 2.60. The van der Waals surface area contributed by atoms with Gasteiger partial charge in [0, 0.05) is 0 Å². The van der Waals surface area contributed by atoms with Gasteiger partial charge in [0.25, 0.3) is 5.91 Å². The van der Waals surface area contributed by atoms with Gasteiger partial charge in [0.1, 0.15) is 5.75 Å². The lowest BCUT2D eigenvalue weighted by atomic mass is 10.1. The van der Waals surface area contributed by atoms with E-state index in [9.17, 15) is 4.79 Å². The number of benzene rings is 1. The molecule has 3 N–H and O–H groups in total. The number of hydrogen-bond acceptors (Lipinski definition) is 3. The van der Waals surface area contributed by atoms with Crippen LogP contribution < -0.4 is 15.8 Å². The number of hydrogen-bond donors (Lipinski definition) is 2. The highest BCUT2D eigenvalue weighted by Gasteiger charge is 2.15. The molecule has 1 aromatic rings. The first-order valence-corrected chi connectivity index (χ1v) is 5.55. The summed E-state index contributed by atoms with van der Waals surface area (Å²) >= 11 is 0. The van der Waals surface area contributed by atoms with Gasteiger partial charge in [0.15, 0.2) is 6.61 Å². The topological polar surface area (TPSA) is 64.3 Å². The predicted molar refractivity (Wildman–Crippen MR) is 62.6 cm³/mol. The molecule has 1 amide bonds. The minimum atomic E-state index is -0.0941. The maximum atomic E-state index is 11.1. The summed E-state index contributed by atoms with van der Waals surface area (Å²) in [6.45, 7) is 0.844. The molecule has 1 aliphatic rings. The molecule has 86 valence electrons. The molecule has 0 radical (unpaired) electrons. The lowest BCUT2D eigenvalue weighted by molar-refractivity contribution is -0.118. The smallest absolute Gasteiger partial charge is 0.262 e. The van der Waals surface area contributed by atoms with Crippen LogP contribution in [0.1, 0.15) is 18.4 Å². The Hall–Kier alpha value is -1.55. The third kappa shape index (κ3) is 2.52. The fraction of sp³-hybridized carbons (Fsp3) is 0.417. The zero-order valence-corrected chi connectivity index (χ0v) is 9.16. The molecular weight excluding hydrogens is 204 g/mol. The molecule has 0 aromatic heterocycles. The van der Waals surface area contributed by atoms with Crippen LogP contribution in [-0.2, 0) is 11.2 Å². The first kappa shape index (κ1) is 11.0. The number of aryl methyl sites for hydroxylation is 1. The van der Waals surface area contributed by atoms with Crippen molar-refractivity contribution in [3.63, 3.8) is 0 Å². The summed E-state index contributed by atoms with van der Waals surface area (Å²) in [5, 5.41) is 2.77. The number of fused-ring (bicyclic) bond motifs is 1. The monoisotopic (exact) mass is 220 g/mol. The molecule has 0 saturated carbocycles. The maximum Gasteiger partial charge on any atom is 0.262 e. The van der Waals surface area contributed by atoms with E-state index in [0.29, 0.717) is 0 Å². The van der Waals surface area contributed by atoms with Gasteiger partial charge in [-0.2, -0.15) is 0 Å². The van der Waals surface area contributed by atoms with E-state index in [2.05, 4.69) is 5.32 Å². The van der Waals surface area contributed by atoms with E-state index in [0.717, 1.165) is 37.2 Å². The minimum absolute atomic E-state index is 0.0941. The minimum Gasteiger partial charge on any atom is -0.482 e. The largest absolute Gasteiger partial charge is 0.482 e.